The van der Waals surface area contributed by atoms with Gasteiger partial charge in [0.25, 0.3) is 0 Å². The fourth-order valence-electron chi connectivity index (χ4n) is 1.18. The SMILES string of the molecule is CCc1nnc(Cn2ccc(C)n2)o1. The number of hydrogen-bond acceptors (Lipinski definition) is 4. The van der Waals surface area contributed by atoms with Gasteiger partial charge in [0.2, 0.25) is 11.8 Å². The van der Waals surface area contributed by atoms with E-state index in [9.17, 15) is 0 Å². The molecule has 2 aromatic rings. The topological polar surface area (TPSA) is 56.7 Å². The van der Waals surface area contributed by atoms with Crippen LogP contribution in [-0.4, -0.2) is 20.0 Å². The number of aryl methyl sites for hydroxylation is 2. The molecule has 0 fully saturated rings. The third-order valence-electron chi connectivity index (χ3n) is 1.88. The molecule has 5 heteroatoms. The lowest BCUT2D eigenvalue weighted by molar-refractivity contribution is 0.433. The van der Waals surface area contributed by atoms with Crippen LogP contribution in [0.5, 0.6) is 0 Å². The minimum absolute atomic E-state index is 0.543. The van der Waals surface area contributed by atoms with Gasteiger partial charge in [-0.05, 0) is 13.0 Å². The molecule has 0 N–H and O–H groups in total. The average molecular weight is 192 g/mol. The molecule has 2 heterocycles. The molecule has 0 unspecified atom stereocenters. The third-order valence-corrected chi connectivity index (χ3v) is 1.88. The van der Waals surface area contributed by atoms with Crippen LogP contribution < -0.4 is 0 Å². The number of nitrogens with zero attached hydrogens (tertiary/aromatic N) is 4. The van der Waals surface area contributed by atoms with Crippen LogP contribution in [0.25, 0.3) is 0 Å². The smallest absolute Gasteiger partial charge is 0.237 e. The van der Waals surface area contributed by atoms with Crippen LogP contribution in [0.3, 0.4) is 0 Å². The highest BCUT2D eigenvalue weighted by Gasteiger charge is 2.04. The van der Waals surface area contributed by atoms with E-state index >= 15 is 0 Å². The molecule has 0 aliphatic heterocycles. The predicted octanol–water partition coefficient (Wildman–Crippen LogP) is 1.19. The summed E-state index contributed by atoms with van der Waals surface area (Å²) < 4.78 is 7.14. The Labute approximate surface area is 81.8 Å². The van der Waals surface area contributed by atoms with Gasteiger partial charge >= 0.3 is 0 Å². The van der Waals surface area contributed by atoms with Gasteiger partial charge in [-0.2, -0.15) is 5.10 Å². The monoisotopic (exact) mass is 192 g/mol. The van der Waals surface area contributed by atoms with Crippen LogP contribution in [-0.2, 0) is 13.0 Å². The average Bonchev–Trinajstić information content (AvgIpc) is 2.76. The first-order chi connectivity index (χ1) is 6.78. The summed E-state index contributed by atoms with van der Waals surface area (Å²) in [6.45, 7) is 4.47. The third kappa shape index (κ3) is 1.81. The van der Waals surface area contributed by atoms with Crippen molar-refractivity contribution in [1.29, 1.82) is 0 Å². The molecular weight excluding hydrogens is 180 g/mol. The van der Waals surface area contributed by atoms with Gasteiger partial charge < -0.3 is 4.42 Å². The van der Waals surface area contributed by atoms with Crippen molar-refractivity contribution in [1.82, 2.24) is 20.0 Å². The van der Waals surface area contributed by atoms with Crippen molar-refractivity contribution in [3.05, 3.63) is 29.7 Å². The van der Waals surface area contributed by atoms with Gasteiger partial charge in [-0.25, -0.2) is 0 Å². The molecule has 0 aliphatic rings. The minimum Gasteiger partial charge on any atom is -0.423 e. The second-order valence-corrected chi connectivity index (χ2v) is 3.10. The molecule has 0 amide bonds. The van der Waals surface area contributed by atoms with Crippen molar-refractivity contribution in [2.24, 2.45) is 0 Å². The normalized spacial score (nSPS) is 10.7. The first kappa shape index (κ1) is 8.93. The molecule has 0 aliphatic carbocycles. The molecular formula is C9H12N4O. The lowest BCUT2D eigenvalue weighted by Gasteiger charge is -1.94. The van der Waals surface area contributed by atoms with Gasteiger partial charge in [0.15, 0.2) is 0 Å². The maximum absolute atomic E-state index is 5.36. The number of rotatable bonds is 3. The van der Waals surface area contributed by atoms with Crippen molar-refractivity contribution in [3.63, 3.8) is 0 Å². The zero-order valence-electron chi connectivity index (χ0n) is 8.27. The van der Waals surface area contributed by atoms with Gasteiger partial charge in [-0.3, -0.25) is 4.68 Å². The zero-order valence-corrected chi connectivity index (χ0v) is 8.27. The molecule has 5 nitrogen and oxygen atoms in total. The fraction of sp³-hybridized carbons (Fsp3) is 0.444. The number of hydrogen-bond donors (Lipinski definition) is 0. The summed E-state index contributed by atoms with van der Waals surface area (Å²) in [5.74, 6) is 1.27. The first-order valence-corrected chi connectivity index (χ1v) is 4.59. The molecule has 0 bridgehead atoms. The molecule has 2 rings (SSSR count). The fourth-order valence-corrected chi connectivity index (χ4v) is 1.18. The molecule has 74 valence electrons. The lowest BCUT2D eigenvalue weighted by Crippen LogP contribution is -2.00. The molecule has 14 heavy (non-hydrogen) atoms. The summed E-state index contributed by atoms with van der Waals surface area (Å²) in [6.07, 6.45) is 2.66. The van der Waals surface area contributed by atoms with E-state index in [2.05, 4.69) is 15.3 Å². The maximum Gasteiger partial charge on any atom is 0.237 e. The van der Waals surface area contributed by atoms with Crippen LogP contribution >= 0.6 is 0 Å². The predicted molar refractivity (Wildman–Crippen MR) is 49.7 cm³/mol. The van der Waals surface area contributed by atoms with E-state index in [1.165, 1.54) is 0 Å². The lowest BCUT2D eigenvalue weighted by atomic mass is 10.5. The van der Waals surface area contributed by atoms with E-state index in [4.69, 9.17) is 4.42 Å². The van der Waals surface area contributed by atoms with E-state index in [0.29, 0.717) is 18.3 Å². The van der Waals surface area contributed by atoms with Gasteiger partial charge in [0.1, 0.15) is 6.54 Å². The van der Waals surface area contributed by atoms with E-state index in [-0.39, 0.29) is 0 Å². The van der Waals surface area contributed by atoms with E-state index in [1.807, 2.05) is 26.1 Å². The molecule has 0 radical (unpaired) electrons. The van der Waals surface area contributed by atoms with Crippen LogP contribution in [0.15, 0.2) is 16.7 Å². The van der Waals surface area contributed by atoms with E-state index in [1.54, 1.807) is 4.68 Å². The zero-order chi connectivity index (χ0) is 9.97. The van der Waals surface area contributed by atoms with E-state index in [0.717, 1.165) is 12.1 Å². The minimum atomic E-state index is 0.543. The van der Waals surface area contributed by atoms with Crippen LogP contribution in [0.4, 0.5) is 0 Å². The number of aromatic nitrogens is 4. The van der Waals surface area contributed by atoms with Crippen LogP contribution in [0.1, 0.15) is 24.4 Å². The van der Waals surface area contributed by atoms with Gasteiger partial charge in [-0.15, -0.1) is 10.2 Å². The summed E-state index contributed by atoms with van der Waals surface area (Å²) in [4.78, 5) is 0. The van der Waals surface area contributed by atoms with Crippen molar-refractivity contribution in [2.75, 3.05) is 0 Å². The highest BCUT2D eigenvalue weighted by molar-refractivity contribution is 4.96. The molecule has 0 aromatic carbocycles. The Balaban J connectivity index is 2.10. The Hall–Kier alpha value is -1.65. The Morgan fingerprint density at radius 3 is 2.71 bits per heavy atom. The van der Waals surface area contributed by atoms with Gasteiger partial charge in [0.05, 0.1) is 5.69 Å². The van der Waals surface area contributed by atoms with Crippen LogP contribution in [0, 0.1) is 6.92 Å². The molecule has 2 aromatic heterocycles. The maximum atomic E-state index is 5.36. The van der Waals surface area contributed by atoms with Gasteiger partial charge in [-0.1, -0.05) is 6.92 Å². The summed E-state index contributed by atoms with van der Waals surface area (Å²) in [5.41, 5.74) is 0.986. The van der Waals surface area contributed by atoms with Crippen molar-refractivity contribution in [2.45, 2.75) is 26.8 Å². The largest absolute Gasteiger partial charge is 0.423 e. The van der Waals surface area contributed by atoms with Crippen molar-refractivity contribution >= 4 is 0 Å². The Morgan fingerprint density at radius 2 is 2.14 bits per heavy atom. The first-order valence-electron chi connectivity index (χ1n) is 4.59. The Bertz CT molecular complexity index is 418. The summed E-state index contributed by atoms with van der Waals surface area (Å²) in [5, 5.41) is 12.0. The highest BCUT2D eigenvalue weighted by Crippen LogP contribution is 2.03. The second kappa shape index (κ2) is 3.61. The Morgan fingerprint density at radius 1 is 1.36 bits per heavy atom. The van der Waals surface area contributed by atoms with Crippen molar-refractivity contribution < 1.29 is 4.42 Å². The van der Waals surface area contributed by atoms with Crippen molar-refractivity contribution in [3.8, 4) is 0 Å². The molecule has 0 atom stereocenters. The summed E-state index contributed by atoms with van der Waals surface area (Å²) >= 11 is 0. The Kier molecular flexibility index (Phi) is 2.30. The van der Waals surface area contributed by atoms with E-state index < -0.39 is 0 Å². The van der Waals surface area contributed by atoms with Crippen LogP contribution in [0.2, 0.25) is 0 Å². The molecule has 0 saturated heterocycles. The quantitative estimate of drug-likeness (QED) is 0.732. The molecule has 0 spiro atoms. The standard InChI is InChI=1S/C9H12N4O/c1-3-8-10-11-9(14-8)6-13-5-4-7(2)12-13/h4-5H,3,6H2,1-2H3. The van der Waals surface area contributed by atoms with Gasteiger partial charge in [0, 0.05) is 12.6 Å². The second-order valence-electron chi connectivity index (χ2n) is 3.10. The summed E-state index contributed by atoms with van der Waals surface area (Å²) in [7, 11) is 0. The summed E-state index contributed by atoms with van der Waals surface area (Å²) in [6, 6.07) is 1.94. The molecule has 0 saturated carbocycles. The highest BCUT2D eigenvalue weighted by atomic mass is 16.4.